The van der Waals surface area contributed by atoms with Crippen LogP contribution in [0, 0.1) is 52.3 Å². The lowest BCUT2D eigenvalue weighted by molar-refractivity contribution is -0.0575. The van der Waals surface area contributed by atoms with Crippen LogP contribution in [0.5, 0.6) is 0 Å². The fourth-order valence-corrected chi connectivity index (χ4v) is 9.30. The molecule has 30 heavy (non-hydrogen) atoms. The van der Waals surface area contributed by atoms with Gasteiger partial charge in [0.2, 0.25) is 0 Å². The second-order valence-electron chi connectivity index (χ2n) is 12.9. The Hall–Kier alpha value is -0.300. The molecule has 0 bridgehead atoms. The van der Waals surface area contributed by atoms with Gasteiger partial charge in [0.25, 0.3) is 0 Å². The van der Waals surface area contributed by atoms with Crippen molar-refractivity contribution in [3.8, 4) is 0 Å². The van der Waals surface area contributed by atoms with Crippen LogP contribution in [0.25, 0.3) is 0 Å². The molecule has 0 aromatic heterocycles. The van der Waals surface area contributed by atoms with Gasteiger partial charge in [0.1, 0.15) is 0 Å². The number of rotatable bonds is 6. The molecule has 4 rings (SSSR count). The van der Waals surface area contributed by atoms with Crippen molar-refractivity contribution in [3.63, 3.8) is 0 Å². The number of aliphatic hydroxyl groups is 1. The predicted molar refractivity (Wildman–Crippen MR) is 128 cm³/mol. The van der Waals surface area contributed by atoms with Gasteiger partial charge in [-0.2, -0.15) is 0 Å². The largest absolute Gasteiger partial charge is 0.393 e. The van der Waals surface area contributed by atoms with E-state index in [1.54, 1.807) is 5.57 Å². The topological polar surface area (TPSA) is 20.2 Å². The van der Waals surface area contributed by atoms with Gasteiger partial charge in [-0.05, 0) is 110 Å². The predicted octanol–water partition coefficient (Wildman–Crippen LogP) is 8.02. The Morgan fingerprint density at radius 2 is 1.77 bits per heavy atom. The van der Waals surface area contributed by atoms with Gasteiger partial charge in [-0.1, -0.05) is 66.0 Å². The highest BCUT2D eigenvalue weighted by Gasteiger charge is 2.59. The maximum atomic E-state index is 10.2. The molecule has 3 saturated carbocycles. The van der Waals surface area contributed by atoms with Crippen molar-refractivity contribution < 1.29 is 5.11 Å². The molecule has 1 heteroatoms. The van der Waals surface area contributed by atoms with E-state index in [4.69, 9.17) is 0 Å². The van der Waals surface area contributed by atoms with Gasteiger partial charge in [0.05, 0.1) is 6.10 Å². The van der Waals surface area contributed by atoms with E-state index in [-0.39, 0.29) is 6.10 Å². The van der Waals surface area contributed by atoms with Crippen molar-refractivity contribution in [3.05, 3.63) is 11.6 Å². The van der Waals surface area contributed by atoms with Crippen LogP contribution >= 0.6 is 0 Å². The van der Waals surface area contributed by atoms with Crippen LogP contribution in [-0.4, -0.2) is 11.2 Å². The lowest BCUT2D eigenvalue weighted by Gasteiger charge is -2.58. The first-order chi connectivity index (χ1) is 14.2. The van der Waals surface area contributed by atoms with Gasteiger partial charge >= 0.3 is 0 Å². The zero-order valence-corrected chi connectivity index (χ0v) is 20.9. The van der Waals surface area contributed by atoms with Gasteiger partial charge in [-0.15, -0.1) is 0 Å². The molecule has 0 saturated heterocycles. The Labute approximate surface area is 187 Å². The summed E-state index contributed by atoms with van der Waals surface area (Å²) >= 11 is 0. The number of aliphatic hydroxyl groups excluding tert-OH is 1. The highest BCUT2D eigenvalue weighted by molar-refractivity contribution is 5.25. The van der Waals surface area contributed by atoms with Crippen molar-refractivity contribution >= 4 is 0 Å². The molecule has 0 spiro atoms. The van der Waals surface area contributed by atoms with Crippen molar-refractivity contribution in [2.45, 2.75) is 118 Å². The van der Waals surface area contributed by atoms with Crippen molar-refractivity contribution in [2.75, 3.05) is 0 Å². The van der Waals surface area contributed by atoms with Crippen molar-refractivity contribution in [1.29, 1.82) is 0 Å². The molecule has 4 aliphatic carbocycles. The Bertz CT molecular complexity index is 634. The Morgan fingerprint density at radius 1 is 1.00 bits per heavy atom. The number of fused-ring (bicyclic) bond motifs is 5. The maximum Gasteiger partial charge on any atom is 0.0577 e. The summed E-state index contributed by atoms with van der Waals surface area (Å²) in [5.41, 5.74) is 2.59. The molecule has 9 atom stereocenters. The summed E-state index contributed by atoms with van der Waals surface area (Å²) in [6.07, 6.45) is 17.1. The van der Waals surface area contributed by atoms with E-state index < -0.39 is 0 Å². The monoisotopic (exact) mass is 414 g/mol. The minimum Gasteiger partial charge on any atom is -0.393 e. The van der Waals surface area contributed by atoms with Gasteiger partial charge in [-0.3, -0.25) is 0 Å². The van der Waals surface area contributed by atoms with E-state index >= 15 is 0 Å². The first-order valence-corrected chi connectivity index (χ1v) is 13.6. The molecule has 0 aromatic carbocycles. The molecule has 172 valence electrons. The highest BCUT2D eigenvalue weighted by atomic mass is 16.3. The third-order valence-corrected chi connectivity index (χ3v) is 11.3. The molecule has 0 amide bonds. The van der Waals surface area contributed by atoms with E-state index in [0.717, 1.165) is 54.3 Å². The third-order valence-electron chi connectivity index (χ3n) is 11.3. The summed E-state index contributed by atoms with van der Waals surface area (Å²) in [4.78, 5) is 0. The molecule has 1 N–H and O–H groups in total. The van der Waals surface area contributed by atoms with E-state index in [9.17, 15) is 5.11 Å². The third kappa shape index (κ3) is 3.74. The molecule has 0 aromatic rings. The number of hydrogen-bond acceptors (Lipinski definition) is 1. The maximum absolute atomic E-state index is 10.2. The van der Waals surface area contributed by atoms with E-state index in [2.05, 4.69) is 47.6 Å². The summed E-state index contributed by atoms with van der Waals surface area (Å²) in [6.45, 7) is 15.1. The van der Waals surface area contributed by atoms with Crippen LogP contribution in [0.1, 0.15) is 112 Å². The SMILES string of the molecule is CC[C@H](CC[C@@H](C)[C@H]1CC[C@@H]2[C@@H]3CC=C4C[C@H](O)CC[C@@]4(C)[C@H]3CC[C@@]21C)C(C)C. The van der Waals surface area contributed by atoms with Crippen LogP contribution in [0.4, 0.5) is 0 Å². The lowest BCUT2D eigenvalue weighted by atomic mass is 9.47. The Kier molecular flexibility index (Phi) is 6.53. The highest BCUT2D eigenvalue weighted by Crippen LogP contribution is 2.67. The minimum absolute atomic E-state index is 0.0794. The second kappa shape index (κ2) is 8.57. The molecular weight excluding hydrogens is 364 g/mol. The summed E-state index contributed by atoms with van der Waals surface area (Å²) in [6, 6.07) is 0. The summed E-state index contributed by atoms with van der Waals surface area (Å²) in [7, 11) is 0. The van der Waals surface area contributed by atoms with Crippen LogP contribution in [0.15, 0.2) is 11.6 Å². The van der Waals surface area contributed by atoms with E-state index in [1.807, 2.05) is 0 Å². The van der Waals surface area contributed by atoms with Crippen LogP contribution in [-0.2, 0) is 0 Å². The normalized spacial score (nSPS) is 45.3. The molecular formula is C29H50O. The fourth-order valence-electron chi connectivity index (χ4n) is 9.30. The molecule has 3 fully saturated rings. The zero-order valence-electron chi connectivity index (χ0n) is 20.9. The average Bonchev–Trinajstić information content (AvgIpc) is 3.06. The summed E-state index contributed by atoms with van der Waals surface area (Å²) in [5, 5.41) is 10.2. The van der Waals surface area contributed by atoms with Gasteiger partial charge in [0.15, 0.2) is 0 Å². The van der Waals surface area contributed by atoms with Crippen molar-refractivity contribution in [2.24, 2.45) is 52.3 Å². The standard InChI is InChI=1S/C29H50O/c1-7-21(19(2)3)9-8-20(4)25-12-13-26-24-11-10-22-18-23(30)14-16-28(22,5)27(24)15-17-29(25,26)6/h10,19-21,23-27,30H,7-9,11-18H2,1-6H3/t20-,21-,23-,24+,25-,26-,27+,28-,29-/m1/s1. The minimum atomic E-state index is -0.0794. The summed E-state index contributed by atoms with van der Waals surface area (Å²) < 4.78 is 0. The van der Waals surface area contributed by atoms with Gasteiger partial charge in [-0.25, -0.2) is 0 Å². The summed E-state index contributed by atoms with van der Waals surface area (Å²) in [5.74, 6) is 6.31. The molecule has 0 aliphatic heterocycles. The zero-order chi connectivity index (χ0) is 21.7. The van der Waals surface area contributed by atoms with Crippen LogP contribution in [0.2, 0.25) is 0 Å². The van der Waals surface area contributed by atoms with Crippen LogP contribution in [0.3, 0.4) is 0 Å². The first-order valence-electron chi connectivity index (χ1n) is 13.6. The Morgan fingerprint density at radius 3 is 2.47 bits per heavy atom. The van der Waals surface area contributed by atoms with Crippen molar-refractivity contribution in [1.82, 2.24) is 0 Å². The quantitative estimate of drug-likeness (QED) is 0.436. The molecule has 4 aliphatic rings. The van der Waals surface area contributed by atoms with E-state index in [1.165, 1.54) is 57.8 Å². The molecule has 0 heterocycles. The smallest absolute Gasteiger partial charge is 0.0577 e. The fraction of sp³-hybridized carbons (Fsp3) is 0.931. The lowest BCUT2D eigenvalue weighted by Crippen LogP contribution is -2.50. The van der Waals surface area contributed by atoms with E-state index in [0.29, 0.717) is 10.8 Å². The van der Waals surface area contributed by atoms with Crippen LogP contribution < -0.4 is 0 Å². The first kappa shape index (κ1) is 22.9. The van der Waals surface area contributed by atoms with Gasteiger partial charge < -0.3 is 5.11 Å². The second-order valence-corrected chi connectivity index (χ2v) is 12.9. The molecule has 1 nitrogen and oxygen atoms in total. The molecule has 0 radical (unpaired) electrons. The Balaban J connectivity index is 1.47. The number of allylic oxidation sites excluding steroid dienone is 1. The number of hydrogen-bond donors (Lipinski definition) is 1. The average molecular weight is 415 g/mol. The van der Waals surface area contributed by atoms with Gasteiger partial charge in [0, 0.05) is 0 Å². The molecule has 0 unspecified atom stereocenters.